The van der Waals surface area contributed by atoms with Crippen LogP contribution in [0.2, 0.25) is 0 Å². The quantitative estimate of drug-likeness (QED) is 0.482. The molecule has 0 spiro atoms. The van der Waals surface area contributed by atoms with Gasteiger partial charge in [-0.25, -0.2) is 0 Å². The third-order valence-corrected chi connectivity index (χ3v) is 7.14. The van der Waals surface area contributed by atoms with Crippen LogP contribution in [0.1, 0.15) is 38.2 Å². The van der Waals surface area contributed by atoms with Crippen LogP contribution < -0.4 is 5.32 Å². The molecule has 4 rings (SSSR count). The van der Waals surface area contributed by atoms with E-state index in [9.17, 15) is 19.2 Å². The lowest BCUT2D eigenvalue weighted by Crippen LogP contribution is -2.35. The number of amides is 3. The SMILES string of the molecule is CCc1cc(Br)ccc1NC(=O)COC(=O)CCN1C(=O)[C@@H]2[C@H]3CC[C@@H](C3)[C@@H]2C1=O. The molecule has 1 N–H and O–H groups in total. The van der Waals surface area contributed by atoms with E-state index >= 15 is 0 Å². The first-order valence-corrected chi connectivity index (χ1v) is 11.3. The van der Waals surface area contributed by atoms with Crippen molar-refractivity contribution in [1.29, 1.82) is 0 Å². The summed E-state index contributed by atoms with van der Waals surface area (Å²) in [5.74, 6) is -1.02. The van der Waals surface area contributed by atoms with Gasteiger partial charge in [-0.1, -0.05) is 22.9 Å². The maximum Gasteiger partial charge on any atom is 0.308 e. The van der Waals surface area contributed by atoms with Crippen LogP contribution in [0.25, 0.3) is 0 Å². The summed E-state index contributed by atoms with van der Waals surface area (Å²) in [5, 5.41) is 2.74. The number of carbonyl (C=O) groups is 4. The molecule has 7 nitrogen and oxygen atoms in total. The second-order valence-electron chi connectivity index (χ2n) is 8.33. The molecule has 3 amide bonds. The number of ether oxygens (including phenoxy) is 1. The smallest absolute Gasteiger partial charge is 0.308 e. The van der Waals surface area contributed by atoms with Gasteiger partial charge in [0.1, 0.15) is 0 Å². The zero-order valence-electron chi connectivity index (χ0n) is 16.9. The minimum Gasteiger partial charge on any atom is -0.456 e. The lowest BCUT2D eigenvalue weighted by molar-refractivity contribution is -0.149. The van der Waals surface area contributed by atoms with Crippen molar-refractivity contribution in [2.45, 2.75) is 39.0 Å². The molecule has 3 aliphatic rings. The van der Waals surface area contributed by atoms with Gasteiger partial charge in [-0.15, -0.1) is 0 Å². The van der Waals surface area contributed by atoms with Gasteiger partial charge in [0, 0.05) is 16.7 Å². The van der Waals surface area contributed by atoms with E-state index < -0.39 is 18.5 Å². The first-order chi connectivity index (χ1) is 14.4. The van der Waals surface area contributed by atoms with Gasteiger partial charge in [0.2, 0.25) is 11.8 Å². The fourth-order valence-corrected chi connectivity index (χ4v) is 5.68. The van der Waals surface area contributed by atoms with Gasteiger partial charge in [-0.2, -0.15) is 0 Å². The van der Waals surface area contributed by atoms with Crippen molar-refractivity contribution in [3.63, 3.8) is 0 Å². The minimum absolute atomic E-state index is 0.0251. The van der Waals surface area contributed by atoms with Crippen molar-refractivity contribution >= 4 is 45.3 Å². The predicted molar refractivity (Wildman–Crippen MR) is 112 cm³/mol. The molecule has 1 aliphatic heterocycles. The minimum atomic E-state index is -0.600. The number of benzene rings is 1. The zero-order valence-corrected chi connectivity index (χ0v) is 18.4. The van der Waals surface area contributed by atoms with E-state index in [0.29, 0.717) is 17.5 Å². The summed E-state index contributed by atoms with van der Waals surface area (Å²) in [6, 6.07) is 5.54. The number of imide groups is 1. The van der Waals surface area contributed by atoms with E-state index in [0.717, 1.165) is 35.7 Å². The van der Waals surface area contributed by atoms with E-state index in [4.69, 9.17) is 4.74 Å². The number of halogens is 1. The average Bonchev–Trinajstić information content (AvgIpc) is 3.40. The number of nitrogens with zero attached hydrogens (tertiary/aromatic N) is 1. The maximum absolute atomic E-state index is 12.6. The number of hydrogen-bond acceptors (Lipinski definition) is 5. The molecule has 1 aromatic rings. The van der Waals surface area contributed by atoms with E-state index in [-0.39, 0.29) is 36.6 Å². The van der Waals surface area contributed by atoms with Gasteiger partial charge in [0.05, 0.1) is 18.3 Å². The van der Waals surface area contributed by atoms with E-state index in [2.05, 4.69) is 21.2 Å². The van der Waals surface area contributed by atoms with Crippen LogP contribution in [0.3, 0.4) is 0 Å². The van der Waals surface area contributed by atoms with Gasteiger partial charge in [0.15, 0.2) is 6.61 Å². The summed E-state index contributed by atoms with van der Waals surface area (Å²) in [6.45, 7) is 1.60. The molecule has 4 atom stereocenters. The Labute approximate surface area is 183 Å². The Morgan fingerprint density at radius 1 is 1.17 bits per heavy atom. The van der Waals surface area contributed by atoms with Crippen LogP contribution >= 0.6 is 15.9 Å². The summed E-state index contributed by atoms with van der Waals surface area (Å²) in [6.07, 6.45) is 3.67. The molecule has 1 saturated heterocycles. The van der Waals surface area contributed by atoms with Crippen LogP contribution in [0.15, 0.2) is 22.7 Å². The first kappa shape index (κ1) is 21.0. The molecule has 0 unspecified atom stereocenters. The molecule has 30 heavy (non-hydrogen) atoms. The maximum atomic E-state index is 12.6. The lowest BCUT2D eigenvalue weighted by atomic mass is 9.81. The summed E-state index contributed by atoms with van der Waals surface area (Å²) < 4.78 is 5.97. The van der Waals surface area contributed by atoms with E-state index in [1.54, 1.807) is 6.07 Å². The third-order valence-electron chi connectivity index (χ3n) is 6.64. The summed E-state index contributed by atoms with van der Waals surface area (Å²) in [5.41, 5.74) is 1.64. The fourth-order valence-electron chi connectivity index (χ4n) is 5.28. The van der Waals surface area contributed by atoms with E-state index in [1.807, 2.05) is 19.1 Å². The van der Waals surface area contributed by atoms with Crippen molar-refractivity contribution < 1.29 is 23.9 Å². The average molecular weight is 477 g/mol. The Hall–Kier alpha value is -2.22. The highest BCUT2D eigenvalue weighted by atomic mass is 79.9. The van der Waals surface area contributed by atoms with Gasteiger partial charge < -0.3 is 10.1 Å². The van der Waals surface area contributed by atoms with Gasteiger partial charge >= 0.3 is 5.97 Å². The zero-order chi connectivity index (χ0) is 21.4. The normalized spacial score (nSPS) is 26.8. The third kappa shape index (κ3) is 3.89. The lowest BCUT2D eigenvalue weighted by Gasteiger charge is -2.19. The molecule has 160 valence electrons. The largest absolute Gasteiger partial charge is 0.456 e. The monoisotopic (exact) mass is 476 g/mol. The van der Waals surface area contributed by atoms with Gasteiger partial charge in [-0.05, 0) is 61.3 Å². The second kappa shape index (κ2) is 8.49. The summed E-state index contributed by atoms with van der Waals surface area (Å²) >= 11 is 3.40. The van der Waals surface area contributed by atoms with E-state index in [1.165, 1.54) is 4.90 Å². The van der Waals surface area contributed by atoms with Crippen LogP contribution in [-0.2, 0) is 30.3 Å². The van der Waals surface area contributed by atoms with Gasteiger partial charge in [0.25, 0.3) is 5.91 Å². The molecule has 1 aromatic carbocycles. The molecule has 0 aromatic heterocycles. The number of esters is 1. The number of anilines is 1. The number of carbonyl (C=O) groups excluding carboxylic acids is 4. The van der Waals surface area contributed by atoms with Crippen LogP contribution in [-0.4, -0.2) is 41.7 Å². The predicted octanol–water partition coefficient (Wildman–Crippen LogP) is 2.91. The molecular weight excluding hydrogens is 452 g/mol. The number of rotatable bonds is 7. The van der Waals surface area contributed by atoms with Crippen molar-refractivity contribution in [3.8, 4) is 0 Å². The molecule has 2 bridgehead atoms. The topological polar surface area (TPSA) is 92.8 Å². The Bertz CT molecular complexity index is 874. The molecule has 1 heterocycles. The Morgan fingerprint density at radius 3 is 2.47 bits per heavy atom. The molecule has 8 heteroatoms. The summed E-state index contributed by atoms with van der Waals surface area (Å²) in [7, 11) is 0. The molecule has 2 saturated carbocycles. The highest BCUT2D eigenvalue weighted by Crippen LogP contribution is 2.56. The fraction of sp³-hybridized carbons (Fsp3) is 0.545. The molecule has 2 aliphatic carbocycles. The first-order valence-electron chi connectivity index (χ1n) is 10.5. The number of hydrogen-bond donors (Lipinski definition) is 1. The number of likely N-dealkylation sites (tertiary alicyclic amines) is 1. The van der Waals surface area contributed by atoms with Crippen LogP contribution in [0.4, 0.5) is 5.69 Å². The van der Waals surface area contributed by atoms with Crippen molar-refractivity contribution in [2.75, 3.05) is 18.5 Å². The van der Waals surface area contributed by atoms with Crippen LogP contribution in [0, 0.1) is 23.7 Å². The Kier molecular flexibility index (Phi) is 5.95. The highest BCUT2D eigenvalue weighted by molar-refractivity contribution is 9.10. The van der Waals surface area contributed by atoms with Crippen LogP contribution in [0.5, 0.6) is 0 Å². The molecule has 0 radical (unpaired) electrons. The number of nitrogens with one attached hydrogen (secondary N) is 1. The van der Waals surface area contributed by atoms with Crippen molar-refractivity contribution in [2.24, 2.45) is 23.7 Å². The highest BCUT2D eigenvalue weighted by Gasteiger charge is 2.60. The molecular formula is C22H25BrN2O5. The summed E-state index contributed by atoms with van der Waals surface area (Å²) in [4.78, 5) is 50.7. The Balaban J connectivity index is 1.24. The standard InChI is InChI=1S/C22H25BrN2O5/c1-2-12-10-15(23)5-6-16(12)24-17(26)11-30-18(27)7-8-25-21(28)19-13-3-4-14(9-13)20(19)22(25)29/h5-6,10,13-14,19-20H,2-4,7-9,11H2,1H3,(H,24,26)/t13-,14-,19-,20+/m0/s1. The molecule has 3 fully saturated rings. The van der Waals surface area contributed by atoms with Crippen molar-refractivity contribution in [3.05, 3.63) is 28.2 Å². The number of fused-ring (bicyclic) bond motifs is 5. The number of aryl methyl sites for hydroxylation is 1. The second-order valence-corrected chi connectivity index (χ2v) is 9.24. The van der Waals surface area contributed by atoms with Gasteiger partial charge in [-0.3, -0.25) is 24.1 Å². The Morgan fingerprint density at radius 2 is 1.83 bits per heavy atom. The van der Waals surface area contributed by atoms with Crippen molar-refractivity contribution in [1.82, 2.24) is 4.90 Å².